The van der Waals surface area contributed by atoms with Crippen LogP contribution in [-0.4, -0.2) is 36.1 Å². The Labute approximate surface area is 88.0 Å². The van der Waals surface area contributed by atoms with E-state index in [2.05, 4.69) is 9.84 Å². The number of esters is 1. The maximum Gasteiger partial charge on any atom is 0.360 e. The Kier molecular flexibility index (Phi) is 3.68. The van der Waals surface area contributed by atoms with Crippen LogP contribution >= 0.6 is 0 Å². The Morgan fingerprint density at radius 2 is 2.33 bits per heavy atom. The highest BCUT2D eigenvalue weighted by Gasteiger charge is 2.15. The van der Waals surface area contributed by atoms with Crippen molar-refractivity contribution in [2.75, 3.05) is 20.0 Å². The quantitative estimate of drug-likeness (QED) is 0.727. The van der Waals surface area contributed by atoms with Gasteiger partial charge < -0.3 is 15.2 Å². The fourth-order valence-electron chi connectivity index (χ4n) is 1.12. The molecule has 2 N–H and O–H groups in total. The first-order chi connectivity index (χ1) is 7.08. The van der Waals surface area contributed by atoms with Crippen LogP contribution in [-0.2, 0) is 16.0 Å². The fraction of sp³-hybridized carbons (Fsp3) is 0.556. The zero-order valence-corrected chi connectivity index (χ0v) is 9.06. The molecule has 0 radical (unpaired) electrons. The van der Waals surface area contributed by atoms with Gasteiger partial charge >= 0.3 is 5.97 Å². The molecule has 84 valence electrons. The van der Waals surface area contributed by atoms with E-state index in [1.165, 1.54) is 7.11 Å². The number of carbonyl (C=O) groups excluding carboxylic acids is 1. The predicted octanol–water partition coefficient (Wildman–Crippen LogP) is 0.287. The summed E-state index contributed by atoms with van der Waals surface area (Å²) in [5.74, 6) is -0.531. The van der Waals surface area contributed by atoms with Crippen molar-refractivity contribution < 1.29 is 14.3 Å². The first-order valence-electron chi connectivity index (χ1n) is 4.52. The van der Waals surface area contributed by atoms with E-state index in [-0.39, 0.29) is 11.8 Å². The van der Waals surface area contributed by atoms with Crippen LogP contribution in [0.5, 0.6) is 0 Å². The van der Waals surface area contributed by atoms with Crippen LogP contribution in [0, 0.1) is 0 Å². The average Bonchev–Trinajstić information content (AvgIpc) is 2.58. The molecule has 0 aliphatic carbocycles. The molecule has 0 aromatic carbocycles. The van der Waals surface area contributed by atoms with Crippen molar-refractivity contribution in [3.63, 3.8) is 0 Å². The molecule has 1 heterocycles. The number of rotatable bonds is 4. The monoisotopic (exact) mass is 213 g/mol. The van der Waals surface area contributed by atoms with E-state index in [9.17, 15) is 4.79 Å². The van der Waals surface area contributed by atoms with E-state index in [0.29, 0.717) is 12.2 Å². The standard InChI is InChI=1S/C9H15N3O3/c1-6(14-2)4-12-5-7(10)8(11-12)9(13)15-3/h5-6H,4,10H2,1-3H3. The summed E-state index contributed by atoms with van der Waals surface area (Å²) in [6, 6.07) is 0. The highest BCUT2D eigenvalue weighted by atomic mass is 16.5. The van der Waals surface area contributed by atoms with E-state index >= 15 is 0 Å². The molecule has 6 nitrogen and oxygen atoms in total. The molecule has 6 heteroatoms. The van der Waals surface area contributed by atoms with E-state index in [4.69, 9.17) is 10.5 Å². The van der Waals surface area contributed by atoms with Gasteiger partial charge in [0, 0.05) is 13.3 Å². The van der Waals surface area contributed by atoms with E-state index in [1.807, 2.05) is 6.92 Å². The first kappa shape index (κ1) is 11.5. The third kappa shape index (κ3) is 2.69. The normalized spacial score (nSPS) is 12.5. The van der Waals surface area contributed by atoms with Gasteiger partial charge in [-0.15, -0.1) is 0 Å². The van der Waals surface area contributed by atoms with Crippen molar-refractivity contribution in [3.8, 4) is 0 Å². The summed E-state index contributed by atoms with van der Waals surface area (Å²) in [4.78, 5) is 11.2. The van der Waals surface area contributed by atoms with Gasteiger partial charge in [-0.3, -0.25) is 4.68 Å². The maximum atomic E-state index is 11.2. The molecule has 0 aliphatic heterocycles. The Morgan fingerprint density at radius 3 is 2.87 bits per heavy atom. The van der Waals surface area contributed by atoms with Crippen LogP contribution in [0.15, 0.2) is 6.20 Å². The predicted molar refractivity (Wildman–Crippen MR) is 54.4 cm³/mol. The summed E-state index contributed by atoms with van der Waals surface area (Å²) < 4.78 is 11.2. The second-order valence-electron chi connectivity index (χ2n) is 3.19. The van der Waals surface area contributed by atoms with Gasteiger partial charge in [0.15, 0.2) is 5.69 Å². The molecule has 0 saturated heterocycles. The van der Waals surface area contributed by atoms with Gasteiger partial charge in [-0.05, 0) is 6.92 Å². The fourth-order valence-corrected chi connectivity index (χ4v) is 1.12. The van der Waals surface area contributed by atoms with Crippen molar-refractivity contribution in [1.82, 2.24) is 9.78 Å². The summed E-state index contributed by atoms with van der Waals surface area (Å²) in [5, 5.41) is 4.01. The number of ether oxygens (including phenoxy) is 2. The Morgan fingerprint density at radius 1 is 1.67 bits per heavy atom. The zero-order valence-electron chi connectivity index (χ0n) is 9.06. The lowest BCUT2D eigenvalue weighted by Gasteiger charge is -2.08. The summed E-state index contributed by atoms with van der Waals surface area (Å²) in [5.41, 5.74) is 6.06. The smallest absolute Gasteiger partial charge is 0.360 e. The molecule has 15 heavy (non-hydrogen) atoms. The van der Waals surface area contributed by atoms with Crippen LogP contribution in [0.1, 0.15) is 17.4 Å². The van der Waals surface area contributed by atoms with Crippen molar-refractivity contribution in [3.05, 3.63) is 11.9 Å². The van der Waals surface area contributed by atoms with Crippen molar-refractivity contribution in [1.29, 1.82) is 0 Å². The van der Waals surface area contributed by atoms with Crippen LogP contribution in [0.4, 0.5) is 5.69 Å². The number of nitrogen functional groups attached to an aromatic ring is 1. The minimum Gasteiger partial charge on any atom is -0.464 e. The molecular weight excluding hydrogens is 198 g/mol. The molecule has 1 atom stereocenters. The molecule has 1 aromatic rings. The number of nitrogens with two attached hydrogens (primary N) is 1. The summed E-state index contributed by atoms with van der Waals surface area (Å²) in [6.45, 7) is 2.44. The topological polar surface area (TPSA) is 79.4 Å². The molecule has 0 spiro atoms. The van der Waals surface area contributed by atoms with Crippen LogP contribution in [0.2, 0.25) is 0 Å². The Balaban J connectivity index is 2.81. The largest absolute Gasteiger partial charge is 0.464 e. The molecule has 1 unspecified atom stereocenters. The van der Waals surface area contributed by atoms with Gasteiger partial charge in [-0.25, -0.2) is 4.79 Å². The molecule has 0 fully saturated rings. The third-order valence-electron chi connectivity index (χ3n) is 2.02. The Hall–Kier alpha value is -1.56. The number of anilines is 1. The maximum absolute atomic E-state index is 11.2. The lowest BCUT2D eigenvalue weighted by atomic mass is 10.4. The van der Waals surface area contributed by atoms with Gasteiger partial charge in [0.05, 0.1) is 25.4 Å². The van der Waals surface area contributed by atoms with E-state index in [1.54, 1.807) is 18.0 Å². The lowest BCUT2D eigenvalue weighted by molar-refractivity contribution is 0.0591. The van der Waals surface area contributed by atoms with E-state index < -0.39 is 5.97 Å². The number of nitrogens with zero attached hydrogens (tertiary/aromatic N) is 2. The average molecular weight is 213 g/mol. The molecule has 1 aromatic heterocycles. The zero-order chi connectivity index (χ0) is 11.4. The Bertz CT molecular complexity index is 348. The highest BCUT2D eigenvalue weighted by Crippen LogP contribution is 2.10. The van der Waals surface area contributed by atoms with Crippen molar-refractivity contribution >= 4 is 11.7 Å². The third-order valence-corrected chi connectivity index (χ3v) is 2.02. The van der Waals surface area contributed by atoms with Crippen LogP contribution < -0.4 is 5.73 Å². The first-order valence-corrected chi connectivity index (χ1v) is 4.52. The second kappa shape index (κ2) is 4.79. The molecule has 1 rings (SSSR count). The van der Waals surface area contributed by atoms with Crippen LogP contribution in [0.25, 0.3) is 0 Å². The number of hydrogen-bond acceptors (Lipinski definition) is 5. The highest BCUT2D eigenvalue weighted by molar-refractivity contribution is 5.92. The van der Waals surface area contributed by atoms with Gasteiger partial charge in [0.1, 0.15) is 0 Å². The van der Waals surface area contributed by atoms with Gasteiger partial charge in [0.25, 0.3) is 0 Å². The molecule has 0 bridgehead atoms. The van der Waals surface area contributed by atoms with Gasteiger partial charge in [0.2, 0.25) is 0 Å². The molecule has 0 amide bonds. The minimum absolute atomic E-state index is 0.00907. The summed E-state index contributed by atoms with van der Waals surface area (Å²) in [6.07, 6.45) is 1.59. The van der Waals surface area contributed by atoms with Crippen molar-refractivity contribution in [2.45, 2.75) is 19.6 Å². The number of methoxy groups -OCH3 is 2. The van der Waals surface area contributed by atoms with E-state index in [0.717, 1.165) is 0 Å². The van der Waals surface area contributed by atoms with Crippen LogP contribution in [0.3, 0.4) is 0 Å². The molecule has 0 aliphatic rings. The summed E-state index contributed by atoms with van der Waals surface area (Å²) in [7, 11) is 2.90. The lowest BCUT2D eigenvalue weighted by Crippen LogP contribution is -2.15. The second-order valence-corrected chi connectivity index (χ2v) is 3.19. The SMILES string of the molecule is COC(=O)c1nn(CC(C)OC)cc1N. The molecule has 0 saturated carbocycles. The van der Waals surface area contributed by atoms with Gasteiger partial charge in [-0.2, -0.15) is 5.10 Å². The number of hydrogen-bond donors (Lipinski definition) is 1. The molecular formula is C9H15N3O3. The number of aromatic nitrogens is 2. The minimum atomic E-state index is -0.531. The van der Waals surface area contributed by atoms with Gasteiger partial charge in [-0.1, -0.05) is 0 Å². The summed E-state index contributed by atoms with van der Waals surface area (Å²) >= 11 is 0. The van der Waals surface area contributed by atoms with Crippen molar-refractivity contribution in [2.24, 2.45) is 0 Å². The number of carbonyl (C=O) groups is 1.